The van der Waals surface area contributed by atoms with E-state index in [4.69, 9.17) is 18.0 Å². The van der Waals surface area contributed by atoms with Crippen molar-refractivity contribution in [3.05, 3.63) is 17.5 Å². The van der Waals surface area contributed by atoms with Gasteiger partial charge in [0.2, 0.25) is 5.95 Å². The summed E-state index contributed by atoms with van der Waals surface area (Å²) in [5.41, 5.74) is 7.26. The molecule has 0 unspecified atom stereocenters. The molecular weight excluding hydrogens is 244 g/mol. The maximum Gasteiger partial charge on any atom is 0.226 e. The average molecular weight is 264 g/mol. The number of anilines is 1. The molecule has 2 rings (SSSR count). The van der Waals surface area contributed by atoms with E-state index >= 15 is 0 Å². The number of hydrogen-bond donors (Lipinski definition) is 1. The molecule has 0 amide bonds. The standard InChI is InChI=1S/C13H20N4S/c1-3-17(10-6-4-5-7-10)13-15-9(2)8-11(16-13)12(14)18/h8,10H,3-7H2,1-2H3,(H2,14,18). The highest BCUT2D eigenvalue weighted by Gasteiger charge is 2.23. The van der Waals surface area contributed by atoms with Gasteiger partial charge in [0.05, 0.1) is 0 Å². The first kappa shape index (κ1) is 13.2. The summed E-state index contributed by atoms with van der Waals surface area (Å²) >= 11 is 5.01. The number of thiocarbonyl (C=S) groups is 1. The third-order valence-electron chi connectivity index (χ3n) is 3.46. The highest BCUT2D eigenvalue weighted by atomic mass is 32.1. The van der Waals surface area contributed by atoms with E-state index in [1.807, 2.05) is 13.0 Å². The van der Waals surface area contributed by atoms with Crippen LogP contribution in [-0.4, -0.2) is 27.5 Å². The molecule has 18 heavy (non-hydrogen) atoms. The minimum absolute atomic E-state index is 0.337. The van der Waals surface area contributed by atoms with Crippen LogP contribution in [0.25, 0.3) is 0 Å². The minimum Gasteiger partial charge on any atom is -0.388 e. The number of rotatable bonds is 4. The molecule has 0 saturated heterocycles. The van der Waals surface area contributed by atoms with Crippen molar-refractivity contribution < 1.29 is 0 Å². The van der Waals surface area contributed by atoms with Crippen LogP contribution in [0.1, 0.15) is 44.0 Å². The van der Waals surface area contributed by atoms with Gasteiger partial charge in [-0.1, -0.05) is 25.1 Å². The van der Waals surface area contributed by atoms with Crippen LogP contribution in [-0.2, 0) is 0 Å². The Balaban J connectivity index is 2.32. The lowest BCUT2D eigenvalue weighted by molar-refractivity contribution is 0.604. The average Bonchev–Trinajstić information content (AvgIpc) is 2.83. The molecule has 0 bridgehead atoms. The first-order valence-electron chi connectivity index (χ1n) is 6.54. The van der Waals surface area contributed by atoms with Gasteiger partial charge in [0, 0.05) is 18.3 Å². The van der Waals surface area contributed by atoms with Crippen LogP contribution in [0.4, 0.5) is 5.95 Å². The maximum atomic E-state index is 5.67. The van der Waals surface area contributed by atoms with Gasteiger partial charge in [-0.25, -0.2) is 9.97 Å². The number of aryl methyl sites for hydroxylation is 1. The predicted octanol–water partition coefficient (Wildman–Crippen LogP) is 2.19. The van der Waals surface area contributed by atoms with Crippen molar-refractivity contribution in [2.75, 3.05) is 11.4 Å². The third-order valence-corrected chi connectivity index (χ3v) is 3.67. The molecule has 1 aliphatic rings. The summed E-state index contributed by atoms with van der Waals surface area (Å²) in [5, 5.41) is 0. The highest BCUT2D eigenvalue weighted by Crippen LogP contribution is 2.26. The SMILES string of the molecule is CCN(c1nc(C)cc(C(N)=S)n1)C1CCCC1. The Bertz CT molecular complexity index is 441. The van der Waals surface area contributed by atoms with Gasteiger partial charge >= 0.3 is 0 Å². The molecule has 1 aromatic heterocycles. The first-order chi connectivity index (χ1) is 8.61. The lowest BCUT2D eigenvalue weighted by Gasteiger charge is -2.28. The van der Waals surface area contributed by atoms with Gasteiger partial charge in [-0.3, -0.25) is 0 Å². The van der Waals surface area contributed by atoms with Crippen molar-refractivity contribution in [1.29, 1.82) is 0 Å². The second kappa shape index (κ2) is 5.61. The smallest absolute Gasteiger partial charge is 0.226 e. The molecule has 0 aliphatic heterocycles. The molecule has 0 atom stereocenters. The van der Waals surface area contributed by atoms with Crippen LogP contribution in [0.2, 0.25) is 0 Å². The number of nitrogens with two attached hydrogens (primary N) is 1. The molecule has 0 spiro atoms. The zero-order valence-corrected chi connectivity index (χ0v) is 11.8. The van der Waals surface area contributed by atoms with E-state index in [0.717, 1.165) is 18.2 Å². The van der Waals surface area contributed by atoms with E-state index in [1.165, 1.54) is 25.7 Å². The van der Waals surface area contributed by atoms with Gasteiger partial charge in [-0.05, 0) is 32.8 Å². The molecule has 1 aromatic rings. The highest BCUT2D eigenvalue weighted by molar-refractivity contribution is 7.80. The van der Waals surface area contributed by atoms with E-state index in [9.17, 15) is 0 Å². The predicted molar refractivity (Wildman–Crippen MR) is 77.9 cm³/mol. The van der Waals surface area contributed by atoms with Gasteiger partial charge in [-0.2, -0.15) is 0 Å². The molecule has 1 heterocycles. The van der Waals surface area contributed by atoms with Gasteiger partial charge in [-0.15, -0.1) is 0 Å². The molecule has 1 aliphatic carbocycles. The largest absolute Gasteiger partial charge is 0.388 e. The molecule has 0 aromatic carbocycles. The fourth-order valence-electron chi connectivity index (χ4n) is 2.59. The second-order valence-electron chi connectivity index (χ2n) is 4.78. The van der Waals surface area contributed by atoms with Crippen molar-refractivity contribution in [2.45, 2.75) is 45.6 Å². The van der Waals surface area contributed by atoms with Gasteiger partial charge < -0.3 is 10.6 Å². The quantitative estimate of drug-likeness (QED) is 0.845. The minimum atomic E-state index is 0.337. The Morgan fingerprint density at radius 2 is 2.11 bits per heavy atom. The van der Waals surface area contributed by atoms with Gasteiger partial charge in [0.1, 0.15) is 10.7 Å². The molecular formula is C13H20N4S. The number of nitrogens with zero attached hydrogens (tertiary/aromatic N) is 3. The number of aromatic nitrogens is 2. The molecule has 5 heteroatoms. The summed E-state index contributed by atoms with van der Waals surface area (Å²) in [4.78, 5) is 11.6. The van der Waals surface area contributed by atoms with Crippen molar-refractivity contribution in [2.24, 2.45) is 5.73 Å². The Hall–Kier alpha value is -1.23. The third kappa shape index (κ3) is 2.77. The van der Waals surface area contributed by atoms with Crippen LogP contribution in [0.3, 0.4) is 0 Å². The molecule has 1 fully saturated rings. The number of hydrogen-bond acceptors (Lipinski definition) is 4. The molecule has 4 nitrogen and oxygen atoms in total. The Kier molecular flexibility index (Phi) is 4.11. The Morgan fingerprint density at radius 3 is 2.67 bits per heavy atom. The summed E-state index contributed by atoms with van der Waals surface area (Å²) in [5.74, 6) is 0.771. The van der Waals surface area contributed by atoms with Crippen LogP contribution in [0.5, 0.6) is 0 Å². The Labute approximate surface area is 114 Å². The zero-order chi connectivity index (χ0) is 13.1. The van der Waals surface area contributed by atoms with Gasteiger partial charge in [0.25, 0.3) is 0 Å². The van der Waals surface area contributed by atoms with Crippen LogP contribution < -0.4 is 10.6 Å². The summed E-state index contributed by atoms with van der Waals surface area (Å²) in [6.45, 7) is 5.02. The zero-order valence-electron chi connectivity index (χ0n) is 11.0. The summed E-state index contributed by atoms with van der Waals surface area (Å²) in [7, 11) is 0. The fourth-order valence-corrected chi connectivity index (χ4v) is 2.69. The first-order valence-corrected chi connectivity index (χ1v) is 6.94. The van der Waals surface area contributed by atoms with Crippen molar-refractivity contribution in [1.82, 2.24) is 9.97 Å². The van der Waals surface area contributed by atoms with E-state index in [-0.39, 0.29) is 0 Å². The van der Waals surface area contributed by atoms with Crippen LogP contribution in [0.15, 0.2) is 6.07 Å². The molecule has 2 N–H and O–H groups in total. The Morgan fingerprint density at radius 1 is 1.44 bits per heavy atom. The molecule has 1 saturated carbocycles. The summed E-state index contributed by atoms with van der Waals surface area (Å²) in [6, 6.07) is 2.41. The second-order valence-corrected chi connectivity index (χ2v) is 5.22. The lowest BCUT2D eigenvalue weighted by Crippen LogP contribution is -2.35. The summed E-state index contributed by atoms with van der Waals surface area (Å²) in [6.07, 6.45) is 5.06. The maximum absolute atomic E-state index is 5.67. The molecule has 98 valence electrons. The topological polar surface area (TPSA) is 55.0 Å². The van der Waals surface area contributed by atoms with Crippen molar-refractivity contribution in [3.8, 4) is 0 Å². The van der Waals surface area contributed by atoms with Crippen LogP contribution >= 0.6 is 12.2 Å². The molecule has 0 radical (unpaired) electrons. The van der Waals surface area contributed by atoms with E-state index in [0.29, 0.717) is 16.7 Å². The van der Waals surface area contributed by atoms with Crippen LogP contribution in [0, 0.1) is 6.92 Å². The fraction of sp³-hybridized carbons (Fsp3) is 0.615. The lowest BCUT2D eigenvalue weighted by atomic mass is 10.2. The van der Waals surface area contributed by atoms with E-state index in [2.05, 4.69) is 21.8 Å². The van der Waals surface area contributed by atoms with E-state index in [1.54, 1.807) is 0 Å². The van der Waals surface area contributed by atoms with Crippen molar-refractivity contribution >= 4 is 23.2 Å². The normalized spacial score (nSPS) is 15.9. The van der Waals surface area contributed by atoms with Crippen molar-refractivity contribution in [3.63, 3.8) is 0 Å². The van der Waals surface area contributed by atoms with E-state index < -0.39 is 0 Å². The van der Waals surface area contributed by atoms with Gasteiger partial charge in [0.15, 0.2) is 0 Å². The monoisotopic (exact) mass is 264 g/mol. The summed E-state index contributed by atoms with van der Waals surface area (Å²) < 4.78 is 0.